The fourth-order valence-corrected chi connectivity index (χ4v) is 2.48. The third kappa shape index (κ3) is 4.72. The molecule has 0 aliphatic rings. The van der Waals surface area contributed by atoms with Gasteiger partial charge in [0.1, 0.15) is 6.61 Å². The van der Waals surface area contributed by atoms with Crippen molar-refractivity contribution in [3.8, 4) is 11.1 Å². The predicted octanol–water partition coefficient (Wildman–Crippen LogP) is 5.92. The SMILES string of the molecule is FC(F)(F)c1cccc(C=NOCc2cccc(-c3ccccc3)c2)c1. The van der Waals surface area contributed by atoms with Crippen molar-refractivity contribution in [1.29, 1.82) is 0 Å². The first-order valence-corrected chi connectivity index (χ1v) is 7.99. The highest BCUT2D eigenvalue weighted by molar-refractivity contribution is 5.79. The van der Waals surface area contributed by atoms with Gasteiger partial charge in [0.05, 0.1) is 11.8 Å². The maximum atomic E-state index is 12.7. The maximum absolute atomic E-state index is 12.7. The van der Waals surface area contributed by atoms with Crippen molar-refractivity contribution in [1.82, 2.24) is 0 Å². The van der Waals surface area contributed by atoms with Crippen molar-refractivity contribution in [3.05, 3.63) is 95.6 Å². The Bertz CT molecular complexity index is 889. The average molecular weight is 355 g/mol. The molecule has 0 N–H and O–H groups in total. The van der Waals surface area contributed by atoms with Crippen LogP contribution in [-0.2, 0) is 17.6 Å². The van der Waals surface area contributed by atoms with E-state index in [4.69, 9.17) is 4.84 Å². The lowest BCUT2D eigenvalue weighted by molar-refractivity contribution is -0.137. The van der Waals surface area contributed by atoms with Crippen LogP contribution in [-0.4, -0.2) is 6.21 Å². The summed E-state index contributed by atoms with van der Waals surface area (Å²) in [6.07, 6.45) is -3.10. The van der Waals surface area contributed by atoms with Gasteiger partial charge in [-0.25, -0.2) is 0 Å². The zero-order valence-corrected chi connectivity index (χ0v) is 13.8. The molecule has 0 aromatic heterocycles. The van der Waals surface area contributed by atoms with Crippen molar-refractivity contribution >= 4 is 6.21 Å². The van der Waals surface area contributed by atoms with Crippen LogP contribution in [0.2, 0.25) is 0 Å². The third-order valence-corrected chi connectivity index (χ3v) is 3.76. The smallest absolute Gasteiger partial charge is 0.391 e. The van der Waals surface area contributed by atoms with E-state index in [-0.39, 0.29) is 6.61 Å². The van der Waals surface area contributed by atoms with Gasteiger partial charge in [-0.3, -0.25) is 0 Å². The Morgan fingerprint density at radius 3 is 2.31 bits per heavy atom. The first-order chi connectivity index (χ1) is 12.5. The number of hydrogen-bond acceptors (Lipinski definition) is 2. The molecule has 0 spiro atoms. The van der Waals surface area contributed by atoms with Gasteiger partial charge in [0.2, 0.25) is 0 Å². The van der Waals surface area contributed by atoms with Crippen molar-refractivity contribution < 1.29 is 18.0 Å². The van der Waals surface area contributed by atoms with Crippen LogP contribution >= 0.6 is 0 Å². The van der Waals surface area contributed by atoms with E-state index in [1.54, 1.807) is 0 Å². The highest BCUT2D eigenvalue weighted by atomic mass is 19.4. The minimum absolute atomic E-state index is 0.232. The van der Waals surface area contributed by atoms with E-state index in [9.17, 15) is 13.2 Å². The summed E-state index contributed by atoms with van der Waals surface area (Å²) in [5.41, 5.74) is 2.71. The molecule has 0 saturated carbocycles. The Hall–Kier alpha value is -3.08. The molecule has 0 heterocycles. The number of benzene rings is 3. The van der Waals surface area contributed by atoms with E-state index in [2.05, 4.69) is 5.16 Å². The van der Waals surface area contributed by atoms with Crippen LogP contribution in [0.1, 0.15) is 16.7 Å². The summed E-state index contributed by atoms with van der Waals surface area (Å²) in [5.74, 6) is 0. The molecule has 0 aliphatic heterocycles. The zero-order valence-electron chi connectivity index (χ0n) is 13.8. The van der Waals surface area contributed by atoms with Crippen LogP contribution in [0, 0.1) is 0 Å². The Kier molecular flexibility index (Phi) is 5.37. The Labute approximate surface area is 149 Å². The van der Waals surface area contributed by atoms with Crippen LogP contribution in [0.3, 0.4) is 0 Å². The highest BCUT2D eigenvalue weighted by Crippen LogP contribution is 2.29. The van der Waals surface area contributed by atoms with Gasteiger partial charge < -0.3 is 4.84 Å². The van der Waals surface area contributed by atoms with Gasteiger partial charge in [0.25, 0.3) is 0 Å². The molecule has 2 nitrogen and oxygen atoms in total. The van der Waals surface area contributed by atoms with Gasteiger partial charge in [-0.05, 0) is 40.5 Å². The van der Waals surface area contributed by atoms with Crippen LogP contribution in [0.15, 0.2) is 84.0 Å². The van der Waals surface area contributed by atoms with Gasteiger partial charge in [0.15, 0.2) is 0 Å². The van der Waals surface area contributed by atoms with Gasteiger partial charge in [-0.1, -0.05) is 65.8 Å². The van der Waals surface area contributed by atoms with Crippen LogP contribution in [0.4, 0.5) is 13.2 Å². The molecule has 3 rings (SSSR count). The van der Waals surface area contributed by atoms with Crippen LogP contribution < -0.4 is 0 Å². The lowest BCUT2D eigenvalue weighted by atomic mass is 10.0. The van der Waals surface area contributed by atoms with Crippen LogP contribution in [0.5, 0.6) is 0 Å². The van der Waals surface area contributed by atoms with Gasteiger partial charge in [-0.15, -0.1) is 0 Å². The molecule has 0 unspecified atom stereocenters. The molecule has 0 fully saturated rings. The average Bonchev–Trinajstić information content (AvgIpc) is 2.66. The minimum Gasteiger partial charge on any atom is -0.391 e. The molecule has 0 radical (unpaired) electrons. The van der Waals surface area contributed by atoms with E-state index >= 15 is 0 Å². The minimum atomic E-state index is -4.37. The molecular weight excluding hydrogens is 339 g/mol. The molecule has 3 aromatic rings. The molecule has 3 aromatic carbocycles. The first kappa shape index (κ1) is 17.7. The van der Waals surface area contributed by atoms with Gasteiger partial charge in [0, 0.05) is 0 Å². The van der Waals surface area contributed by atoms with E-state index in [0.29, 0.717) is 5.56 Å². The molecule has 5 heteroatoms. The number of nitrogens with zero attached hydrogens (tertiary/aromatic N) is 1. The molecule has 0 amide bonds. The summed E-state index contributed by atoms with van der Waals surface area (Å²) < 4.78 is 38.0. The van der Waals surface area contributed by atoms with E-state index in [0.717, 1.165) is 28.8 Å². The predicted molar refractivity (Wildman–Crippen MR) is 95.7 cm³/mol. The number of halogens is 3. The fourth-order valence-electron chi connectivity index (χ4n) is 2.48. The van der Waals surface area contributed by atoms with Crippen molar-refractivity contribution in [2.75, 3.05) is 0 Å². The van der Waals surface area contributed by atoms with Crippen molar-refractivity contribution in [2.24, 2.45) is 5.16 Å². The first-order valence-electron chi connectivity index (χ1n) is 7.99. The maximum Gasteiger partial charge on any atom is 0.416 e. The summed E-state index contributed by atoms with van der Waals surface area (Å²) in [4.78, 5) is 5.23. The third-order valence-electron chi connectivity index (χ3n) is 3.76. The molecule has 132 valence electrons. The molecular formula is C21H16F3NO. The van der Waals surface area contributed by atoms with Crippen molar-refractivity contribution in [2.45, 2.75) is 12.8 Å². The topological polar surface area (TPSA) is 21.6 Å². The molecule has 0 bridgehead atoms. The summed E-state index contributed by atoms with van der Waals surface area (Å²) in [6.45, 7) is 0.232. The van der Waals surface area contributed by atoms with E-state index < -0.39 is 11.7 Å². The Balaban J connectivity index is 1.63. The summed E-state index contributed by atoms with van der Waals surface area (Å²) in [5, 5.41) is 3.77. The number of oxime groups is 1. The fraction of sp³-hybridized carbons (Fsp3) is 0.0952. The highest BCUT2D eigenvalue weighted by Gasteiger charge is 2.30. The summed E-state index contributed by atoms with van der Waals surface area (Å²) in [6, 6.07) is 22.7. The number of alkyl halides is 3. The molecule has 26 heavy (non-hydrogen) atoms. The monoisotopic (exact) mass is 355 g/mol. The second-order valence-electron chi connectivity index (χ2n) is 5.70. The number of rotatable bonds is 5. The van der Waals surface area contributed by atoms with Gasteiger partial charge >= 0.3 is 6.18 Å². The zero-order chi connectivity index (χ0) is 18.4. The lowest BCUT2D eigenvalue weighted by Crippen LogP contribution is -2.05. The molecule has 0 saturated heterocycles. The standard InChI is InChI=1S/C21H16F3NO/c22-21(23,24)20-11-5-6-16(13-20)14-25-26-15-17-7-4-10-19(12-17)18-8-2-1-3-9-18/h1-14H,15H2. The Morgan fingerprint density at radius 1 is 0.808 bits per heavy atom. The number of hydrogen-bond donors (Lipinski definition) is 0. The summed E-state index contributed by atoms with van der Waals surface area (Å²) >= 11 is 0. The van der Waals surface area contributed by atoms with Crippen LogP contribution in [0.25, 0.3) is 11.1 Å². The van der Waals surface area contributed by atoms with Crippen molar-refractivity contribution in [3.63, 3.8) is 0 Å². The van der Waals surface area contributed by atoms with E-state index in [1.807, 2.05) is 54.6 Å². The summed E-state index contributed by atoms with van der Waals surface area (Å²) in [7, 11) is 0. The van der Waals surface area contributed by atoms with Gasteiger partial charge in [-0.2, -0.15) is 13.2 Å². The normalized spacial score (nSPS) is 11.7. The quantitative estimate of drug-likeness (QED) is 0.411. The Morgan fingerprint density at radius 2 is 1.54 bits per heavy atom. The van der Waals surface area contributed by atoms with E-state index in [1.165, 1.54) is 18.3 Å². The molecule has 0 atom stereocenters. The second-order valence-corrected chi connectivity index (χ2v) is 5.70. The largest absolute Gasteiger partial charge is 0.416 e. The lowest BCUT2D eigenvalue weighted by Gasteiger charge is -2.06. The second kappa shape index (κ2) is 7.87. The molecule has 0 aliphatic carbocycles.